The molecule has 3 rings (SSSR count). The van der Waals surface area contributed by atoms with Crippen molar-refractivity contribution in [1.82, 2.24) is 5.32 Å². The molecule has 0 fully saturated rings. The van der Waals surface area contributed by atoms with Gasteiger partial charge in [-0.2, -0.15) is 21.4 Å². The lowest BCUT2D eigenvalue weighted by atomic mass is 9.74. The molecule has 0 spiro atoms. The number of amides is 1. The molecule has 1 atom stereocenters. The zero-order valence-corrected chi connectivity index (χ0v) is 24.3. The fraction of sp³-hybridized carbons (Fsp3) is 0.500. The third-order valence-corrected chi connectivity index (χ3v) is 9.47. The van der Waals surface area contributed by atoms with Crippen molar-refractivity contribution in [3.63, 3.8) is 0 Å². The van der Waals surface area contributed by atoms with Crippen molar-refractivity contribution in [2.75, 3.05) is 19.3 Å². The maximum absolute atomic E-state index is 12.1. The molecule has 0 aliphatic carbocycles. The third kappa shape index (κ3) is 7.35. The molecule has 0 bridgehead atoms. The van der Waals surface area contributed by atoms with E-state index in [0.717, 1.165) is 29.8 Å². The van der Waals surface area contributed by atoms with Gasteiger partial charge < -0.3 is 5.32 Å². The first-order valence-corrected chi connectivity index (χ1v) is 16.0. The minimum atomic E-state index is -4.61. The highest BCUT2D eigenvalue weighted by Crippen LogP contribution is 2.48. The molecule has 1 aliphatic rings. The van der Waals surface area contributed by atoms with Crippen LogP contribution in [0.15, 0.2) is 34.1 Å². The van der Waals surface area contributed by atoms with Crippen molar-refractivity contribution >= 4 is 60.4 Å². The first-order chi connectivity index (χ1) is 18.2. The molecule has 216 valence electrons. The highest BCUT2D eigenvalue weighted by molar-refractivity contribution is 7.94. The molecule has 1 heterocycles. The summed E-state index contributed by atoms with van der Waals surface area (Å²) < 4.78 is 72.6. The van der Waals surface area contributed by atoms with Crippen LogP contribution in [0.25, 0.3) is 10.8 Å². The van der Waals surface area contributed by atoms with Crippen LogP contribution < -0.4 is 5.32 Å². The Hall–Kier alpha value is -2.11. The normalized spacial score (nSPS) is 17.6. The summed E-state index contributed by atoms with van der Waals surface area (Å²) in [6.45, 7) is 4.23. The molecular formula is C24H33N2O10S3+. The molecule has 12 nitrogen and oxygen atoms in total. The van der Waals surface area contributed by atoms with Crippen molar-refractivity contribution in [3.05, 3.63) is 29.8 Å². The quantitative estimate of drug-likeness (QED) is 0.0613. The van der Waals surface area contributed by atoms with E-state index in [1.54, 1.807) is 13.1 Å². The van der Waals surface area contributed by atoms with Gasteiger partial charge in [0.15, 0.2) is 5.71 Å². The van der Waals surface area contributed by atoms with Crippen LogP contribution in [-0.4, -0.2) is 66.7 Å². The maximum Gasteiger partial charge on any atom is 0.294 e. The van der Waals surface area contributed by atoms with E-state index in [1.807, 2.05) is 24.5 Å². The van der Waals surface area contributed by atoms with Gasteiger partial charge in [0.1, 0.15) is 6.54 Å². The number of benzene rings is 2. The van der Waals surface area contributed by atoms with Crippen LogP contribution in [0.2, 0.25) is 0 Å². The highest BCUT2D eigenvalue weighted by Gasteiger charge is 2.47. The number of unbranched alkanes of at least 4 members (excludes halogenated alkanes) is 2. The van der Waals surface area contributed by atoms with Gasteiger partial charge in [-0.25, -0.2) is 5.26 Å². The first kappa shape index (κ1) is 31.4. The summed E-state index contributed by atoms with van der Waals surface area (Å²) >= 11 is 0.573. The molecule has 1 amide bonds. The number of carbonyl (C=O) groups is 1. The van der Waals surface area contributed by atoms with Crippen molar-refractivity contribution in [2.24, 2.45) is 0 Å². The highest BCUT2D eigenvalue weighted by atomic mass is 32.2. The van der Waals surface area contributed by atoms with Crippen LogP contribution in [0.4, 0.5) is 5.69 Å². The van der Waals surface area contributed by atoms with Gasteiger partial charge in [-0.15, -0.1) is 4.33 Å². The summed E-state index contributed by atoms with van der Waals surface area (Å²) in [6, 6.07) is 6.16. The van der Waals surface area contributed by atoms with E-state index in [-0.39, 0.29) is 28.7 Å². The minimum Gasteiger partial charge on any atom is -0.359 e. The van der Waals surface area contributed by atoms with E-state index >= 15 is 0 Å². The maximum atomic E-state index is 12.1. The molecule has 1 unspecified atom stereocenters. The van der Waals surface area contributed by atoms with Gasteiger partial charge in [0.2, 0.25) is 11.6 Å². The molecular weight excluding hydrogens is 572 g/mol. The van der Waals surface area contributed by atoms with Crippen LogP contribution >= 0.6 is 12.0 Å². The molecule has 4 N–H and O–H groups in total. The molecule has 0 saturated heterocycles. The smallest absolute Gasteiger partial charge is 0.294 e. The number of nitrogens with one attached hydrogen (secondary N) is 1. The van der Waals surface area contributed by atoms with Crippen molar-refractivity contribution < 1.29 is 49.9 Å². The lowest BCUT2D eigenvalue weighted by molar-refractivity contribution is -0.438. The Morgan fingerprint density at radius 1 is 1.08 bits per heavy atom. The SMILES string of the molecule is CNC(=O)CCCCCC1(C)C(C)=[N+](CCCS(=O)(=O)O)c2ccc3c(SOOO)cc(S(=O)(=O)O)cc3c21. The summed E-state index contributed by atoms with van der Waals surface area (Å²) in [6.07, 6.45) is 3.43. The molecule has 15 heteroatoms. The fourth-order valence-corrected chi connectivity index (χ4v) is 6.81. The Balaban J connectivity index is 2.14. The number of fused-ring (bicyclic) bond motifs is 3. The summed E-state index contributed by atoms with van der Waals surface area (Å²) in [7, 11) is -7.18. The van der Waals surface area contributed by atoms with Crippen LogP contribution in [0.1, 0.15) is 57.9 Å². The second kappa shape index (κ2) is 12.6. The molecule has 1 aliphatic heterocycles. The summed E-state index contributed by atoms with van der Waals surface area (Å²) in [5.41, 5.74) is 1.82. The second-order valence-corrected chi connectivity index (χ2v) is 13.4. The van der Waals surface area contributed by atoms with Gasteiger partial charge in [-0.1, -0.05) is 17.9 Å². The first-order valence-electron chi connectivity index (χ1n) is 12.2. The summed E-state index contributed by atoms with van der Waals surface area (Å²) in [5, 5.41) is 16.1. The van der Waals surface area contributed by atoms with E-state index in [9.17, 15) is 30.7 Å². The van der Waals surface area contributed by atoms with Crippen molar-refractivity contribution in [2.45, 2.75) is 67.6 Å². The van der Waals surface area contributed by atoms with E-state index in [1.165, 1.54) is 12.1 Å². The van der Waals surface area contributed by atoms with Crippen LogP contribution in [0, 0.1) is 0 Å². The average molecular weight is 606 g/mol. The summed E-state index contributed by atoms with van der Waals surface area (Å²) in [4.78, 5) is 11.5. The molecule has 2 aromatic rings. The number of carbonyl (C=O) groups excluding carboxylic acids is 1. The predicted octanol–water partition coefficient (Wildman–Crippen LogP) is 3.87. The topological polar surface area (TPSA) is 180 Å². The molecule has 2 aromatic carbocycles. The van der Waals surface area contributed by atoms with Gasteiger partial charge >= 0.3 is 0 Å². The fourth-order valence-electron chi connectivity index (χ4n) is 5.16. The second-order valence-electron chi connectivity index (χ2n) is 9.62. The third-order valence-electron chi connectivity index (χ3n) is 7.19. The average Bonchev–Trinajstić information content (AvgIpc) is 3.07. The molecule has 39 heavy (non-hydrogen) atoms. The number of hydrogen-bond donors (Lipinski definition) is 4. The van der Waals surface area contributed by atoms with Gasteiger partial charge in [0, 0.05) is 43.3 Å². The largest absolute Gasteiger partial charge is 0.359 e. The van der Waals surface area contributed by atoms with Gasteiger partial charge in [0.25, 0.3) is 20.2 Å². The number of nitrogens with zero attached hydrogens (tertiary/aromatic N) is 1. The van der Waals surface area contributed by atoms with Crippen LogP contribution in [0.3, 0.4) is 0 Å². The van der Waals surface area contributed by atoms with Crippen LogP contribution in [-0.2, 0) is 39.8 Å². The Labute approximate surface area is 232 Å². The van der Waals surface area contributed by atoms with E-state index in [4.69, 9.17) is 5.26 Å². The van der Waals surface area contributed by atoms with Crippen molar-refractivity contribution in [3.8, 4) is 0 Å². The van der Waals surface area contributed by atoms with Gasteiger partial charge in [-0.05, 0) is 48.7 Å². The number of hydrogen-bond acceptors (Lipinski definition) is 9. The monoisotopic (exact) mass is 605 g/mol. The Morgan fingerprint density at radius 2 is 1.79 bits per heavy atom. The van der Waals surface area contributed by atoms with Gasteiger partial charge in [-0.3, -0.25) is 13.9 Å². The van der Waals surface area contributed by atoms with Crippen molar-refractivity contribution in [1.29, 1.82) is 0 Å². The molecule has 0 radical (unpaired) electrons. The zero-order chi connectivity index (χ0) is 29.0. The Kier molecular flexibility index (Phi) is 10.1. The lowest BCUT2D eigenvalue weighted by Gasteiger charge is -2.24. The van der Waals surface area contributed by atoms with Crippen LogP contribution in [0.5, 0.6) is 0 Å². The lowest BCUT2D eigenvalue weighted by Crippen LogP contribution is -2.31. The predicted molar refractivity (Wildman–Crippen MR) is 145 cm³/mol. The standard InChI is InChI=1S/C24H32N2O10S3/c1-16-24(2,11-6-4-5-8-22(27)25-3)23-19-14-17(39(32,33)34)15-21(37-36-35-28)18(19)9-10-20(23)26(16)12-7-13-38(29,30)31/h9-10,14-15H,4-8,11-13H2,1-3H3,(H3-,25,27,28,29,30,31,32,33,34)/p+1. The van der Waals surface area contributed by atoms with E-state index in [2.05, 4.69) is 14.7 Å². The van der Waals surface area contributed by atoms with E-state index in [0.29, 0.717) is 42.1 Å². The Morgan fingerprint density at radius 3 is 2.41 bits per heavy atom. The molecule has 0 saturated carbocycles. The van der Waals surface area contributed by atoms with E-state index < -0.39 is 31.4 Å². The van der Waals surface area contributed by atoms with Gasteiger partial charge in [0.05, 0.1) is 28.1 Å². The molecule has 0 aromatic heterocycles. The summed E-state index contributed by atoms with van der Waals surface area (Å²) in [5.74, 6) is -0.453. The zero-order valence-electron chi connectivity index (χ0n) is 21.8. The number of rotatable bonds is 14. The Bertz CT molecular complexity index is 1490. The minimum absolute atomic E-state index is 0.0389.